The summed E-state index contributed by atoms with van der Waals surface area (Å²) >= 11 is 0. The maximum atomic E-state index is 12.8. The molecule has 6 nitrogen and oxygen atoms in total. The summed E-state index contributed by atoms with van der Waals surface area (Å²) in [5.74, 6) is 0.366. The lowest BCUT2D eigenvalue weighted by molar-refractivity contribution is -0.125. The molecule has 0 saturated carbocycles. The molecule has 2 aromatic carbocycles. The van der Waals surface area contributed by atoms with Crippen LogP contribution in [0.4, 0.5) is 5.82 Å². The quantitative estimate of drug-likeness (QED) is 0.641. The molecule has 2 amide bonds. The number of hydrogen-bond acceptors (Lipinski definition) is 4. The Morgan fingerprint density at radius 3 is 2.71 bits per heavy atom. The highest BCUT2D eigenvalue weighted by molar-refractivity contribution is 5.94. The van der Waals surface area contributed by atoms with Crippen LogP contribution in [0, 0.1) is 6.92 Å². The van der Waals surface area contributed by atoms with E-state index in [4.69, 9.17) is 0 Å². The summed E-state index contributed by atoms with van der Waals surface area (Å²) in [6, 6.07) is 19.4. The van der Waals surface area contributed by atoms with Gasteiger partial charge in [-0.25, -0.2) is 4.98 Å². The molecule has 4 rings (SSSR count). The van der Waals surface area contributed by atoms with Crippen LogP contribution in [-0.4, -0.2) is 40.8 Å². The van der Waals surface area contributed by atoms with Crippen LogP contribution in [0.3, 0.4) is 0 Å². The molecule has 1 aliphatic heterocycles. The van der Waals surface area contributed by atoms with Gasteiger partial charge in [-0.2, -0.15) is 0 Å². The molecule has 6 heteroatoms. The van der Waals surface area contributed by atoms with E-state index < -0.39 is 0 Å². The smallest absolute Gasteiger partial charge is 0.242 e. The van der Waals surface area contributed by atoms with Crippen molar-refractivity contribution >= 4 is 28.4 Å². The van der Waals surface area contributed by atoms with Gasteiger partial charge in [-0.05, 0) is 61.7 Å². The maximum Gasteiger partial charge on any atom is 0.242 e. The second kappa shape index (κ2) is 9.27. The highest BCUT2D eigenvalue weighted by Gasteiger charge is 2.32. The van der Waals surface area contributed by atoms with Crippen LogP contribution in [0.25, 0.3) is 10.8 Å². The number of anilines is 1. The third-order valence-electron chi connectivity index (χ3n) is 5.82. The predicted molar refractivity (Wildman–Crippen MR) is 123 cm³/mol. The minimum atomic E-state index is -0.319. The van der Waals surface area contributed by atoms with Crippen LogP contribution in [-0.2, 0) is 9.59 Å². The monoisotopic (exact) mass is 416 g/mol. The van der Waals surface area contributed by atoms with E-state index in [0.717, 1.165) is 41.4 Å². The number of nitrogens with one attached hydrogen (secondary N) is 2. The molecule has 0 radical (unpaired) electrons. The van der Waals surface area contributed by atoms with Gasteiger partial charge in [-0.3, -0.25) is 14.5 Å². The molecule has 1 aromatic heterocycles. The number of aryl methyl sites for hydroxylation is 1. The Kier molecular flexibility index (Phi) is 6.28. The average Bonchev–Trinajstić information content (AvgIpc) is 3.21. The zero-order valence-electron chi connectivity index (χ0n) is 18.0. The van der Waals surface area contributed by atoms with Crippen LogP contribution in [0.15, 0.2) is 60.7 Å². The van der Waals surface area contributed by atoms with Gasteiger partial charge in [0.1, 0.15) is 5.82 Å². The molecule has 1 aliphatic rings. The molecule has 3 aromatic rings. The number of carbonyl (C=O) groups is 2. The Bertz CT molecular complexity index is 1090. The Hall–Kier alpha value is -3.25. The molecule has 0 aliphatic carbocycles. The van der Waals surface area contributed by atoms with Crippen molar-refractivity contribution in [3.63, 3.8) is 0 Å². The van der Waals surface area contributed by atoms with Gasteiger partial charge in [0.2, 0.25) is 11.8 Å². The maximum absolute atomic E-state index is 12.8. The van der Waals surface area contributed by atoms with Crippen molar-refractivity contribution in [1.82, 2.24) is 15.2 Å². The van der Waals surface area contributed by atoms with Gasteiger partial charge in [0, 0.05) is 5.69 Å². The van der Waals surface area contributed by atoms with E-state index in [1.165, 1.54) is 0 Å². The largest absolute Gasteiger partial charge is 0.348 e. The lowest BCUT2D eigenvalue weighted by Gasteiger charge is -2.24. The van der Waals surface area contributed by atoms with Gasteiger partial charge >= 0.3 is 0 Å². The van der Waals surface area contributed by atoms with E-state index in [-0.39, 0.29) is 30.4 Å². The zero-order chi connectivity index (χ0) is 21.8. The standard InChI is InChI=1S/C25H28N4O2/c1-17-8-5-14-23(26-17)28-25(31)22-13-7-15-29(22)16-24(30)27-18(2)20-12-6-10-19-9-3-4-11-21(19)20/h3-6,8-12,14,18,22H,7,13,15-16H2,1-2H3,(H,27,30)(H,26,28,31)/t18?,22-/m0/s1. The van der Waals surface area contributed by atoms with Crippen molar-refractivity contribution in [3.8, 4) is 0 Å². The van der Waals surface area contributed by atoms with Gasteiger partial charge in [0.15, 0.2) is 0 Å². The van der Waals surface area contributed by atoms with Gasteiger partial charge in [0.25, 0.3) is 0 Å². The molecule has 31 heavy (non-hydrogen) atoms. The van der Waals surface area contributed by atoms with Crippen LogP contribution in [0.5, 0.6) is 0 Å². The van der Waals surface area contributed by atoms with E-state index in [0.29, 0.717) is 5.82 Å². The van der Waals surface area contributed by atoms with Crippen LogP contribution in [0.2, 0.25) is 0 Å². The van der Waals surface area contributed by atoms with E-state index in [1.54, 1.807) is 6.07 Å². The fourth-order valence-corrected chi connectivity index (χ4v) is 4.31. The molecule has 2 N–H and O–H groups in total. The molecule has 1 saturated heterocycles. The second-order valence-corrected chi connectivity index (χ2v) is 8.14. The summed E-state index contributed by atoms with van der Waals surface area (Å²) < 4.78 is 0. The molecule has 160 valence electrons. The highest BCUT2D eigenvalue weighted by Crippen LogP contribution is 2.24. The number of benzene rings is 2. The molecule has 2 heterocycles. The molecule has 1 unspecified atom stereocenters. The summed E-state index contributed by atoms with van der Waals surface area (Å²) in [6.07, 6.45) is 1.63. The van der Waals surface area contributed by atoms with Crippen molar-refractivity contribution in [2.24, 2.45) is 0 Å². The molecular weight excluding hydrogens is 388 g/mol. The van der Waals surface area contributed by atoms with E-state index >= 15 is 0 Å². The average molecular weight is 417 g/mol. The fraction of sp³-hybridized carbons (Fsp3) is 0.320. The predicted octanol–water partition coefficient (Wildman–Crippen LogP) is 3.82. The molecule has 0 spiro atoms. The number of pyridine rings is 1. The van der Waals surface area contributed by atoms with Crippen molar-refractivity contribution in [3.05, 3.63) is 71.9 Å². The van der Waals surface area contributed by atoms with Crippen molar-refractivity contribution < 1.29 is 9.59 Å². The molecule has 2 atom stereocenters. The number of carbonyl (C=O) groups excluding carboxylic acids is 2. The Labute approximate surface area is 182 Å². The highest BCUT2D eigenvalue weighted by atomic mass is 16.2. The Balaban J connectivity index is 1.38. The number of hydrogen-bond donors (Lipinski definition) is 2. The first-order valence-corrected chi connectivity index (χ1v) is 10.8. The van der Waals surface area contributed by atoms with Gasteiger partial charge in [0.05, 0.1) is 18.6 Å². The summed E-state index contributed by atoms with van der Waals surface area (Å²) in [4.78, 5) is 31.9. The normalized spacial score (nSPS) is 17.4. The lowest BCUT2D eigenvalue weighted by Crippen LogP contribution is -2.45. The molecule has 1 fully saturated rings. The summed E-state index contributed by atoms with van der Waals surface area (Å²) in [5.41, 5.74) is 1.94. The van der Waals surface area contributed by atoms with Crippen molar-refractivity contribution in [1.29, 1.82) is 0 Å². The Morgan fingerprint density at radius 1 is 1.10 bits per heavy atom. The van der Waals surface area contributed by atoms with E-state index in [1.807, 2.05) is 55.1 Å². The second-order valence-electron chi connectivity index (χ2n) is 8.14. The third kappa shape index (κ3) is 4.91. The van der Waals surface area contributed by atoms with Crippen molar-refractivity contribution in [2.45, 2.75) is 38.8 Å². The van der Waals surface area contributed by atoms with Crippen LogP contribution in [0.1, 0.15) is 37.1 Å². The summed E-state index contributed by atoms with van der Waals surface area (Å²) in [6.45, 7) is 4.82. The van der Waals surface area contributed by atoms with E-state index in [2.05, 4.69) is 33.8 Å². The number of fused-ring (bicyclic) bond motifs is 1. The zero-order valence-corrected chi connectivity index (χ0v) is 18.0. The number of rotatable bonds is 6. The SMILES string of the molecule is Cc1cccc(NC(=O)[C@@H]2CCCN2CC(=O)NC(C)c2cccc3ccccc23)n1. The van der Waals surface area contributed by atoms with Gasteiger partial charge < -0.3 is 10.6 Å². The summed E-state index contributed by atoms with van der Waals surface area (Å²) in [7, 11) is 0. The first-order chi connectivity index (χ1) is 15.0. The Morgan fingerprint density at radius 2 is 1.87 bits per heavy atom. The summed E-state index contributed by atoms with van der Waals surface area (Å²) in [5, 5.41) is 8.29. The lowest BCUT2D eigenvalue weighted by atomic mass is 10.00. The first kappa shape index (κ1) is 21.0. The minimum absolute atomic E-state index is 0.0752. The molecular formula is C25H28N4O2. The van der Waals surface area contributed by atoms with Crippen LogP contribution < -0.4 is 10.6 Å². The topological polar surface area (TPSA) is 74.3 Å². The van der Waals surface area contributed by atoms with Gasteiger partial charge in [-0.15, -0.1) is 0 Å². The fourth-order valence-electron chi connectivity index (χ4n) is 4.31. The number of likely N-dealkylation sites (tertiary alicyclic amines) is 1. The third-order valence-corrected chi connectivity index (χ3v) is 5.82. The molecule has 0 bridgehead atoms. The van der Waals surface area contributed by atoms with Crippen molar-refractivity contribution in [2.75, 3.05) is 18.4 Å². The number of amides is 2. The minimum Gasteiger partial charge on any atom is -0.348 e. The number of aromatic nitrogens is 1. The number of nitrogens with zero attached hydrogens (tertiary/aromatic N) is 2. The van der Waals surface area contributed by atoms with E-state index in [9.17, 15) is 9.59 Å². The van der Waals surface area contributed by atoms with Gasteiger partial charge in [-0.1, -0.05) is 48.5 Å². The first-order valence-electron chi connectivity index (χ1n) is 10.8. The van der Waals surface area contributed by atoms with Crippen LogP contribution >= 0.6 is 0 Å².